The first-order valence-corrected chi connectivity index (χ1v) is 8.09. The van der Waals surface area contributed by atoms with Crippen molar-refractivity contribution in [2.24, 2.45) is 0 Å². The summed E-state index contributed by atoms with van der Waals surface area (Å²) in [5.74, 6) is -0.649. The average Bonchev–Trinajstić information content (AvgIpc) is 3.07. The molecule has 2 heterocycles. The van der Waals surface area contributed by atoms with Crippen LogP contribution >= 0.6 is 11.3 Å². The monoisotopic (exact) mass is 328 g/mol. The number of carbonyl (C=O) groups excluding carboxylic acids is 2. The number of benzene rings is 1. The second-order valence-corrected chi connectivity index (χ2v) is 6.35. The number of rotatable bonds is 5. The molecule has 0 radical (unpaired) electrons. The molecule has 5 nitrogen and oxygen atoms in total. The molecular weight excluding hydrogens is 312 g/mol. The van der Waals surface area contributed by atoms with E-state index in [0.29, 0.717) is 11.3 Å². The number of aromatic amines is 1. The number of thiazole rings is 1. The van der Waals surface area contributed by atoms with E-state index in [1.165, 1.54) is 11.3 Å². The molecule has 1 aromatic carbocycles. The Kier molecular flexibility index (Phi) is 4.25. The lowest BCUT2D eigenvalue weighted by Gasteiger charge is -2.04. The minimum Gasteiger partial charge on any atom is -0.457 e. The van der Waals surface area contributed by atoms with Crippen LogP contribution in [-0.2, 0) is 16.0 Å². The normalized spacial score (nSPS) is 10.9. The van der Waals surface area contributed by atoms with Crippen LogP contribution in [0.2, 0.25) is 0 Å². The highest BCUT2D eigenvalue weighted by atomic mass is 32.1. The Morgan fingerprint density at radius 2 is 2.04 bits per heavy atom. The molecule has 3 aromatic rings. The fourth-order valence-corrected chi connectivity index (χ4v) is 3.16. The largest absolute Gasteiger partial charge is 0.457 e. The van der Waals surface area contributed by atoms with Crippen molar-refractivity contribution in [3.63, 3.8) is 0 Å². The number of hydrogen-bond donors (Lipinski definition) is 1. The van der Waals surface area contributed by atoms with Gasteiger partial charge >= 0.3 is 5.97 Å². The van der Waals surface area contributed by atoms with E-state index in [9.17, 15) is 9.59 Å². The van der Waals surface area contributed by atoms with E-state index >= 15 is 0 Å². The number of esters is 1. The zero-order chi connectivity index (χ0) is 16.4. The number of aromatic nitrogens is 2. The molecule has 0 aliphatic carbocycles. The van der Waals surface area contributed by atoms with E-state index in [1.807, 2.05) is 43.5 Å². The third kappa shape index (κ3) is 3.32. The molecule has 0 atom stereocenters. The number of aryl methyl sites for hydroxylation is 2. The van der Waals surface area contributed by atoms with Crippen molar-refractivity contribution in [3.05, 3.63) is 51.6 Å². The summed E-state index contributed by atoms with van der Waals surface area (Å²) in [4.78, 5) is 31.6. The first-order valence-electron chi connectivity index (χ1n) is 7.21. The minimum absolute atomic E-state index is 0.0878. The third-order valence-electron chi connectivity index (χ3n) is 3.53. The smallest absolute Gasteiger partial charge is 0.312 e. The molecule has 0 saturated carbocycles. The summed E-state index contributed by atoms with van der Waals surface area (Å²) in [6.45, 7) is 3.46. The number of fused-ring (bicyclic) bond motifs is 1. The molecule has 0 saturated heterocycles. The van der Waals surface area contributed by atoms with Gasteiger partial charge in [-0.15, -0.1) is 11.3 Å². The molecule has 0 aliphatic rings. The van der Waals surface area contributed by atoms with Crippen molar-refractivity contribution in [1.82, 2.24) is 9.97 Å². The van der Waals surface area contributed by atoms with Gasteiger partial charge in [-0.3, -0.25) is 9.59 Å². The van der Waals surface area contributed by atoms with Gasteiger partial charge in [0.25, 0.3) is 0 Å². The molecule has 3 rings (SSSR count). The van der Waals surface area contributed by atoms with Crippen LogP contribution in [0.15, 0.2) is 29.6 Å². The maximum Gasteiger partial charge on any atom is 0.312 e. The average molecular weight is 328 g/mol. The van der Waals surface area contributed by atoms with Crippen molar-refractivity contribution in [2.45, 2.75) is 20.3 Å². The molecule has 6 heteroatoms. The highest BCUT2D eigenvalue weighted by molar-refractivity contribution is 7.09. The quantitative estimate of drug-likeness (QED) is 0.576. The summed E-state index contributed by atoms with van der Waals surface area (Å²) in [5, 5.41) is 3.57. The lowest BCUT2D eigenvalue weighted by atomic mass is 10.1. The topological polar surface area (TPSA) is 72.0 Å². The molecule has 0 amide bonds. The molecule has 1 N–H and O–H groups in total. The van der Waals surface area contributed by atoms with Gasteiger partial charge in [-0.1, -0.05) is 18.2 Å². The van der Waals surface area contributed by atoms with E-state index in [-0.39, 0.29) is 18.8 Å². The Morgan fingerprint density at radius 1 is 1.26 bits per heavy atom. The Morgan fingerprint density at radius 3 is 2.78 bits per heavy atom. The van der Waals surface area contributed by atoms with Crippen molar-refractivity contribution in [1.29, 1.82) is 0 Å². The number of ether oxygens (including phenoxy) is 1. The maximum absolute atomic E-state index is 12.4. The first-order chi connectivity index (χ1) is 11.0. The summed E-state index contributed by atoms with van der Waals surface area (Å²) in [5.41, 5.74) is 2.94. The van der Waals surface area contributed by atoms with E-state index in [1.54, 1.807) is 0 Å². The van der Waals surface area contributed by atoms with Gasteiger partial charge in [-0.25, -0.2) is 4.98 Å². The minimum atomic E-state index is -0.443. The van der Waals surface area contributed by atoms with Crippen LogP contribution in [0.1, 0.15) is 26.8 Å². The number of carbonyl (C=O) groups is 2. The van der Waals surface area contributed by atoms with Crippen LogP contribution in [0, 0.1) is 13.8 Å². The van der Waals surface area contributed by atoms with Gasteiger partial charge in [-0.2, -0.15) is 0 Å². The fourth-order valence-electron chi connectivity index (χ4n) is 2.54. The van der Waals surface area contributed by atoms with E-state index in [2.05, 4.69) is 9.97 Å². The molecule has 118 valence electrons. The standard InChI is InChI=1S/C17H16N2O3S/c1-10-17(13-5-3-4-6-14(13)18-10)15(20)8-22-16(21)7-12-9-23-11(2)19-12/h3-6,9,18H,7-8H2,1-2H3. The van der Waals surface area contributed by atoms with Gasteiger partial charge in [0.1, 0.15) is 0 Å². The molecule has 0 fully saturated rings. The van der Waals surface area contributed by atoms with Crippen LogP contribution < -0.4 is 0 Å². The summed E-state index contributed by atoms with van der Waals surface area (Å²) in [7, 11) is 0. The van der Waals surface area contributed by atoms with Gasteiger partial charge in [0.05, 0.1) is 17.1 Å². The summed E-state index contributed by atoms with van der Waals surface area (Å²) < 4.78 is 5.11. The predicted molar refractivity (Wildman–Crippen MR) is 88.9 cm³/mol. The number of ketones is 1. The maximum atomic E-state index is 12.4. The first kappa shape index (κ1) is 15.4. The molecule has 0 spiro atoms. The lowest BCUT2D eigenvalue weighted by Crippen LogP contribution is -2.16. The summed E-state index contributed by atoms with van der Waals surface area (Å²) in [6, 6.07) is 7.58. The zero-order valence-corrected chi connectivity index (χ0v) is 13.7. The fraction of sp³-hybridized carbons (Fsp3) is 0.235. The third-order valence-corrected chi connectivity index (χ3v) is 4.35. The number of nitrogens with zero attached hydrogens (tertiary/aromatic N) is 1. The van der Waals surface area contributed by atoms with Crippen molar-refractivity contribution in [3.8, 4) is 0 Å². The highest BCUT2D eigenvalue weighted by Crippen LogP contribution is 2.22. The van der Waals surface area contributed by atoms with Gasteiger partial charge in [0.2, 0.25) is 5.78 Å². The van der Waals surface area contributed by atoms with Crippen LogP contribution in [0.25, 0.3) is 10.9 Å². The van der Waals surface area contributed by atoms with Gasteiger partial charge in [-0.05, 0) is 19.9 Å². The molecular formula is C17H16N2O3S. The molecule has 0 unspecified atom stereocenters. The van der Waals surface area contributed by atoms with Crippen LogP contribution in [0.4, 0.5) is 0 Å². The predicted octanol–water partition coefficient (Wildman–Crippen LogP) is 3.21. The van der Waals surface area contributed by atoms with Gasteiger partial charge in [0.15, 0.2) is 6.61 Å². The number of nitrogens with one attached hydrogen (secondary N) is 1. The Labute approximate surface area is 137 Å². The van der Waals surface area contributed by atoms with E-state index in [0.717, 1.165) is 21.6 Å². The van der Waals surface area contributed by atoms with Crippen LogP contribution in [0.5, 0.6) is 0 Å². The SMILES string of the molecule is Cc1nc(CC(=O)OCC(=O)c2c(C)[nH]c3ccccc23)cs1. The van der Waals surface area contributed by atoms with E-state index < -0.39 is 5.97 Å². The zero-order valence-electron chi connectivity index (χ0n) is 12.9. The summed E-state index contributed by atoms with van der Waals surface area (Å²) >= 11 is 1.48. The molecule has 23 heavy (non-hydrogen) atoms. The van der Waals surface area contributed by atoms with E-state index in [4.69, 9.17) is 4.74 Å². The second kappa shape index (κ2) is 6.34. The molecule has 2 aromatic heterocycles. The van der Waals surface area contributed by atoms with Crippen molar-refractivity contribution < 1.29 is 14.3 Å². The number of Topliss-reactive ketones (excluding diaryl/α,β-unsaturated/α-hetero) is 1. The van der Waals surface area contributed by atoms with Crippen molar-refractivity contribution >= 4 is 34.0 Å². The number of H-pyrrole nitrogens is 1. The van der Waals surface area contributed by atoms with Crippen LogP contribution in [0.3, 0.4) is 0 Å². The van der Waals surface area contributed by atoms with Crippen LogP contribution in [-0.4, -0.2) is 28.3 Å². The highest BCUT2D eigenvalue weighted by Gasteiger charge is 2.17. The Hall–Kier alpha value is -2.47. The summed E-state index contributed by atoms with van der Waals surface area (Å²) in [6.07, 6.45) is 0.0878. The Bertz CT molecular complexity index is 879. The molecule has 0 bridgehead atoms. The lowest BCUT2D eigenvalue weighted by molar-refractivity contribution is -0.141. The van der Waals surface area contributed by atoms with Crippen molar-refractivity contribution in [2.75, 3.05) is 6.61 Å². The number of hydrogen-bond acceptors (Lipinski definition) is 5. The molecule has 0 aliphatic heterocycles. The number of para-hydroxylation sites is 1. The second-order valence-electron chi connectivity index (χ2n) is 5.29. The van der Waals surface area contributed by atoms with Gasteiger partial charge in [0, 0.05) is 27.5 Å². The Balaban J connectivity index is 1.67. The van der Waals surface area contributed by atoms with Gasteiger partial charge < -0.3 is 9.72 Å².